The number of hydrogen-bond donors (Lipinski definition) is 0. The number of amides is 2. The van der Waals surface area contributed by atoms with Crippen LogP contribution in [0, 0.1) is 0 Å². The van der Waals surface area contributed by atoms with Crippen LogP contribution >= 0.6 is 0 Å². The average molecular weight is 394 g/mol. The summed E-state index contributed by atoms with van der Waals surface area (Å²) in [6.07, 6.45) is 4.18. The lowest BCUT2D eigenvalue weighted by Crippen LogP contribution is -2.43. The third-order valence-corrected chi connectivity index (χ3v) is 6.20. The van der Waals surface area contributed by atoms with Gasteiger partial charge >= 0.3 is 6.03 Å². The minimum Gasteiger partial charge on any atom is -0.345 e. The van der Waals surface area contributed by atoms with Gasteiger partial charge in [0.1, 0.15) is 0 Å². The summed E-state index contributed by atoms with van der Waals surface area (Å²) in [7, 11) is 0. The van der Waals surface area contributed by atoms with Crippen molar-refractivity contribution in [2.75, 3.05) is 9.80 Å². The molecule has 2 aliphatic heterocycles. The zero-order valence-corrected chi connectivity index (χ0v) is 16.6. The van der Waals surface area contributed by atoms with E-state index in [0.29, 0.717) is 13.1 Å². The molecule has 0 aliphatic carbocycles. The first-order valence-corrected chi connectivity index (χ1v) is 10.3. The third-order valence-electron chi connectivity index (χ3n) is 6.20. The maximum absolute atomic E-state index is 14.1. The molecule has 2 aromatic carbocycles. The molecule has 2 amide bonds. The Balaban J connectivity index is 1.47. The van der Waals surface area contributed by atoms with E-state index in [1.54, 1.807) is 0 Å². The molecule has 30 heavy (non-hydrogen) atoms. The number of nitrogens with zero attached hydrogens (tertiary/aromatic N) is 4. The summed E-state index contributed by atoms with van der Waals surface area (Å²) in [5.41, 5.74) is 6.59. The fourth-order valence-corrected chi connectivity index (χ4v) is 4.66. The van der Waals surface area contributed by atoms with Crippen LogP contribution in [0.5, 0.6) is 0 Å². The summed E-state index contributed by atoms with van der Waals surface area (Å²) in [6.45, 7) is 2.68. The highest BCUT2D eigenvalue weighted by atomic mass is 16.2. The second kappa shape index (κ2) is 6.66. The maximum Gasteiger partial charge on any atom is 0.329 e. The Labute approximate surface area is 175 Å². The van der Waals surface area contributed by atoms with Crippen LogP contribution in [0.2, 0.25) is 0 Å². The van der Waals surface area contributed by atoms with E-state index < -0.39 is 0 Å². The van der Waals surface area contributed by atoms with Crippen LogP contribution in [0.1, 0.15) is 22.5 Å². The Hall–Kier alpha value is -3.73. The predicted molar refractivity (Wildman–Crippen MR) is 118 cm³/mol. The number of carbonyl (C=O) groups excluding carboxylic acids is 1. The second-order valence-electron chi connectivity index (χ2n) is 7.97. The molecular formula is C25H22N4O. The van der Waals surface area contributed by atoms with Crippen molar-refractivity contribution in [3.63, 3.8) is 0 Å². The van der Waals surface area contributed by atoms with E-state index in [-0.39, 0.29) is 6.03 Å². The Morgan fingerprint density at radius 1 is 0.567 bits per heavy atom. The minimum atomic E-state index is 0.0131. The predicted octanol–water partition coefficient (Wildman–Crippen LogP) is 4.85. The topological polar surface area (TPSA) is 33.4 Å². The normalized spacial score (nSPS) is 14.8. The summed E-state index contributed by atoms with van der Waals surface area (Å²) >= 11 is 0. The van der Waals surface area contributed by atoms with Gasteiger partial charge in [-0.1, -0.05) is 36.4 Å². The van der Waals surface area contributed by atoms with Crippen LogP contribution in [-0.4, -0.2) is 15.2 Å². The zero-order valence-electron chi connectivity index (χ0n) is 16.6. The molecule has 0 saturated heterocycles. The van der Waals surface area contributed by atoms with E-state index in [4.69, 9.17) is 0 Å². The number of carbonyl (C=O) groups is 1. The molecule has 0 fully saturated rings. The number of benzene rings is 2. The molecule has 0 bridgehead atoms. The van der Waals surface area contributed by atoms with Gasteiger partial charge in [0, 0.05) is 36.9 Å². The molecule has 5 nitrogen and oxygen atoms in total. The lowest BCUT2D eigenvalue weighted by molar-refractivity contribution is 0.250. The van der Waals surface area contributed by atoms with Crippen molar-refractivity contribution in [2.45, 2.75) is 26.2 Å². The monoisotopic (exact) mass is 394 g/mol. The summed E-state index contributed by atoms with van der Waals surface area (Å²) in [4.78, 5) is 17.9. The van der Waals surface area contributed by atoms with Crippen molar-refractivity contribution in [3.05, 3.63) is 108 Å². The molecule has 0 radical (unpaired) electrons. The quantitative estimate of drug-likeness (QED) is 0.420. The van der Waals surface area contributed by atoms with Crippen LogP contribution < -0.4 is 9.80 Å². The third kappa shape index (κ3) is 2.66. The van der Waals surface area contributed by atoms with Gasteiger partial charge in [0.25, 0.3) is 0 Å². The molecule has 4 aromatic rings. The Morgan fingerprint density at radius 2 is 1.03 bits per heavy atom. The van der Waals surface area contributed by atoms with Gasteiger partial charge in [-0.25, -0.2) is 4.79 Å². The van der Waals surface area contributed by atoms with Gasteiger partial charge in [0.15, 0.2) is 0 Å². The molecule has 0 spiro atoms. The highest BCUT2D eigenvalue weighted by Gasteiger charge is 2.31. The first kappa shape index (κ1) is 17.2. The molecule has 148 valence electrons. The van der Waals surface area contributed by atoms with Crippen molar-refractivity contribution in [3.8, 4) is 0 Å². The lowest BCUT2D eigenvalue weighted by Gasteiger charge is -2.31. The standard InChI is InChI=1S/C25H22N4O/c30-25(28-17-21-9-5-13-26(21)15-19-7-1-3-11-23(19)28)29-18-22-10-6-14-27(22)16-20-8-2-4-12-24(20)29/h1-14H,15-18H2. The minimum absolute atomic E-state index is 0.0131. The smallest absolute Gasteiger partial charge is 0.329 e. The maximum atomic E-state index is 14.1. The SMILES string of the molecule is O=C(N1Cc2cccn2Cc2ccccc21)N1Cc2cccn2Cc2ccccc21. The van der Waals surface area contributed by atoms with Crippen LogP contribution in [0.4, 0.5) is 16.2 Å². The molecule has 4 heterocycles. The summed E-state index contributed by atoms with van der Waals surface area (Å²) < 4.78 is 4.46. The molecule has 0 atom stereocenters. The van der Waals surface area contributed by atoms with Gasteiger partial charge in [-0.15, -0.1) is 0 Å². The summed E-state index contributed by atoms with van der Waals surface area (Å²) in [6, 6.07) is 24.8. The molecule has 0 N–H and O–H groups in total. The Morgan fingerprint density at radius 3 is 1.53 bits per heavy atom. The van der Waals surface area contributed by atoms with Gasteiger partial charge in [0.2, 0.25) is 0 Å². The Bertz CT molecular complexity index is 1160. The van der Waals surface area contributed by atoms with Gasteiger partial charge in [-0.05, 0) is 47.5 Å². The van der Waals surface area contributed by atoms with Crippen molar-refractivity contribution in [2.24, 2.45) is 0 Å². The van der Waals surface area contributed by atoms with Gasteiger partial charge in [-0.2, -0.15) is 0 Å². The number of para-hydroxylation sites is 2. The molecule has 0 unspecified atom stereocenters. The van der Waals surface area contributed by atoms with E-state index in [0.717, 1.165) is 47.0 Å². The highest BCUT2D eigenvalue weighted by molar-refractivity contribution is 6.04. The number of anilines is 2. The first-order valence-electron chi connectivity index (χ1n) is 10.3. The van der Waals surface area contributed by atoms with Crippen LogP contribution in [0.25, 0.3) is 0 Å². The van der Waals surface area contributed by atoms with E-state index in [9.17, 15) is 4.79 Å². The van der Waals surface area contributed by atoms with Gasteiger partial charge in [0.05, 0.1) is 24.5 Å². The van der Waals surface area contributed by atoms with Crippen molar-refractivity contribution in [1.82, 2.24) is 9.13 Å². The van der Waals surface area contributed by atoms with E-state index in [1.165, 1.54) is 0 Å². The molecule has 0 saturated carbocycles. The second-order valence-corrected chi connectivity index (χ2v) is 7.97. The van der Waals surface area contributed by atoms with Crippen molar-refractivity contribution < 1.29 is 4.79 Å². The van der Waals surface area contributed by atoms with E-state index >= 15 is 0 Å². The molecule has 2 aromatic heterocycles. The number of hydrogen-bond acceptors (Lipinski definition) is 1. The van der Waals surface area contributed by atoms with E-state index in [2.05, 4.69) is 70.1 Å². The summed E-state index contributed by atoms with van der Waals surface area (Å²) in [5, 5.41) is 0. The van der Waals surface area contributed by atoms with Crippen LogP contribution in [0.15, 0.2) is 85.2 Å². The van der Waals surface area contributed by atoms with Crippen LogP contribution in [0.3, 0.4) is 0 Å². The fourth-order valence-electron chi connectivity index (χ4n) is 4.66. The molecule has 5 heteroatoms. The molecule has 2 aliphatic rings. The largest absolute Gasteiger partial charge is 0.345 e. The highest BCUT2D eigenvalue weighted by Crippen LogP contribution is 2.33. The van der Waals surface area contributed by atoms with Gasteiger partial charge < -0.3 is 9.13 Å². The molecular weight excluding hydrogens is 372 g/mol. The fraction of sp³-hybridized carbons (Fsp3) is 0.160. The first-order chi connectivity index (χ1) is 14.8. The van der Waals surface area contributed by atoms with Crippen molar-refractivity contribution >= 4 is 17.4 Å². The number of aromatic nitrogens is 2. The Kier molecular flexibility index (Phi) is 3.81. The molecule has 6 rings (SSSR count). The zero-order chi connectivity index (χ0) is 20.1. The van der Waals surface area contributed by atoms with Gasteiger partial charge in [-0.3, -0.25) is 9.80 Å². The number of urea groups is 1. The van der Waals surface area contributed by atoms with Crippen molar-refractivity contribution in [1.29, 1.82) is 0 Å². The summed E-state index contributed by atoms with van der Waals surface area (Å²) in [5.74, 6) is 0. The average Bonchev–Trinajstić information content (AvgIpc) is 3.33. The lowest BCUT2D eigenvalue weighted by atomic mass is 10.1. The number of rotatable bonds is 0. The van der Waals surface area contributed by atoms with Crippen LogP contribution in [-0.2, 0) is 26.2 Å². The van der Waals surface area contributed by atoms with E-state index in [1.807, 2.05) is 34.1 Å². The number of fused-ring (bicyclic) bond motifs is 4.